The van der Waals surface area contributed by atoms with Crippen LogP contribution in [0.5, 0.6) is 0 Å². The van der Waals surface area contributed by atoms with E-state index < -0.39 is 12.3 Å². The molecule has 2 nitrogen and oxygen atoms in total. The average molecular weight is 276 g/mol. The number of nitrogens with zero attached hydrogens (tertiary/aromatic N) is 1. The molecule has 1 atom stereocenters. The lowest BCUT2D eigenvalue weighted by atomic mass is 10.3. The highest BCUT2D eigenvalue weighted by Gasteiger charge is 2.42. The molecule has 0 aliphatic heterocycles. The molecule has 1 aromatic heterocycles. The van der Waals surface area contributed by atoms with Crippen molar-refractivity contribution in [1.82, 2.24) is 4.98 Å². The minimum absolute atomic E-state index is 0.0434. The minimum Gasteiger partial charge on any atom is -0.366 e. The molecular formula is C6H5BrF3NOS. The molecule has 0 fully saturated rings. The fourth-order valence-electron chi connectivity index (χ4n) is 0.797. The lowest BCUT2D eigenvalue weighted by Crippen LogP contribution is -2.21. The summed E-state index contributed by atoms with van der Waals surface area (Å²) in [4.78, 5) is 3.70. The van der Waals surface area contributed by atoms with Gasteiger partial charge in [-0.25, -0.2) is 4.98 Å². The third-order valence-electron chi connectivity index (χ3n) is 1.29. The van der Waals surface area contributed by atoms with Crippen LogP contribution in [0.15, 0.2) is 10.1 Å². The van der Waals surface area contributed by atoms with E-state index in [1.165, 1.54) is 0 Å². The summed E-state index contributed by atoms with van der Waals surface area (Å²) >= 11 is 3.89. The van der Waals surface area contributed by atoms with Gasteiger partial charge in [0.05, 0.1) is 4.88 Å². The second-order valence-electron chi connectivity index (χ2n) is 2.17. The van der Waals surface area contributed by atoms with E-state index in [9.17, 15) is 13.2 Å². The Morgan fingerprint density at radius 1 is 1.62 bits per heavy atom. The van der Waals surface area contributed by atoms with E-state index in [4.69, 9.17) is 0 Å². The van der Waals surface area contributed by atoms with Gasteiger partial charge in [-0.1, -0.05) is 0 Å². The first kappa shape index (κ1) is 10.9. The first-order valence-corrected chi connectivity index (χ1v) is 4.77. The van der Waals surface area contributed by atoms with Crippen LogP contribution in [-0.2, 0) is 4.74 Å². The normalized spacial score (nSPS) is 14.5. The lowest BCUT2D eigenvalue weighted by molar-refractivity contribution is -0.214. The fourth-order valence-corrected chi connectivity index (χ4v) is 2.20. The van der Waals surface area contributed by atoms with Gasteiger partial charge >= 0.3 is 6.18 Å². The molecule has 0 bridgehead atoms. The zero-order valence-electron chi connectivity index (χ0n) is 6.43. The summed E-state index contributed by atoms with van der Waals surface area (Å²) < 4.78 is 41.5. The second kappa shape index (κ2) is 3.93. The third-order valence-corrected chi connectivity index (χ3v) is 2.81. The molecule has 1 unspecified atom stereocenters. The first-order valence-electron chi connectivity index (χ1n) is 3.16. The molecule has 0 aliphatic rings. The van der Waals surface area contributed by atoms with Gasteiger partial charge in [0.1, 0.15) is 0 Å². The molecular weight excluding hydrogens is 271 g/mol. The van der Waals surface area contributed by atoms with E-state index in [1.54, 1.807) is 0 Å². The number of ether oxygens (including phenoxy) is 1. The second-order valence-corrected chi connectivity index (χ2v) is 4.51. The van der Waals surface area contributed by atoms with Gasteiger partial charge in [0.25, 0.3) is 0 Å². The van der Waals surface area contributed by atoms with Gasteiger partial charge in [-0.15, -0.1) is 11.3 Å². The standard InChI is InChI=1S/C6H5BrF3NOS/c1-12-4(6(8,9)10)3-2-11-5(7)13-3/h2,4H,1H3. The number of halogens is 4. The van der Waals surface area contributed by atoms with Gasteiger partial charge in [-0.2, -0.15) is 13.2 Å². The summed E-state index contributed by atoms with van der Waals surface area (Å²) in [6.45, 7) is 0. The van der Waals surface area contributed by atoms with Crippen molar-refractivity contribution in [2.45, 2.75) is 12.3 Å². The quantitative estimate of drug-likeness (QED) is 0.827. The molecule has 0 amide bonds. The summed E-state index contributed by atoms with van der Waals surface area (Å²) in [5.74, 6) is 0. The van der Waals surface area contributed by atoms with Gasteiger partial charge in [-0.3, -0.25) is 0 Å². The van der Waals surface area contributed by atoms with Gasteiger partial charge < -0.3 is 4.74 Å². The molecule has 0 saturated heterocycles. The third kappa shape index (κ3) is 2.65. The van der Waals surface area contributed by atoms with Crippen molar-refractivity contribution in [3.63, 3.8) is 0 Å². The van der Waals surface area contributed by atoms with Crippen LogP contribution in [0.3, 0.4) is 0 Å². The Morgan fingerprint density at radius 3 is 2.54 bits per heavy atom. The first-order chi connectivity index (χ1) is 5.95. The molecule has 0 spiro atoms. The molecule has 74 valence electrons. The number of hydrogen-bond acceptors (Lipinski definition) is 3. The molecule has 1 heterocycles. The van der Waals surface area contributed by atoms with Crippen molar-refractivity contribution in [2.75, 3.05) is 7.11 Å². The van der Waals surface area contributed by atoms with E-state index in [1.807, 2.05) is 0 Å². The average Bonchev–Trinajstić information content (AvgIpc) is 2.34. The Kier molecular flexibility index (Phi) is 3.31. The predicted octanol–water partition coefficient (Wildman–Crippen LogP) is 3.16. The van der Waals surface area contributed by atoms with Crippen molar-refractivity contribution in [3.8, 4) is 0 Å². The molecule has 0 radical (unpaired) electrons. The van der Waals surface area contributed by atoms with Crippen LogP contribution >= 0.6 is 27.3 Å². The molecule has 0 aromatic carbocycles. The predicted molar refractivity (Wildman–Crippen MR) is 45.6 cm³/mol. The molecule has 1 rings (SSSR count). The highest BCUT2D eigenvalue weighted by Crippen LogP contribution is 2.38. The van der Waals surface area contributed by atoms with E-state index in [-0.39, 0.29) is 4.88 Å². The van der Waals surface area contributed by atoms with Crippen molar-refractivity contribution in [2.24, 2.45) is 0 Å². The monoisotopic (exact) mass is 275 g/mol. The number of methoxy groups -OCH3 is 1. The molecule has 0 saturated carbocycles. The molecule has 1 aromatic rings. The summed E-state index contributed by atoms with van der Waals surface area (Å²) in [6, 6.07) is 0. The summed E-state index contributed by atoms with van der Waals surface area (Å²) in [6.07, 6.45) is -5.12. The number of rotatable bonds is 2. The summed E-state index contributed by atoms with van der Waals surface area (Å²) in [5, 5.41) is 0. The van der Waals surface area contributed by atoms with Crippen LogP contribution in [-0.4, -0.2) is 18.3 Å². The van der Waals surface area contributed by atoms with E-state index in [2.05, 4.69) is 25.7 Å². The van der Waals surface area contributed by atoms with Crippen molar-refractivity contribution >= 4 is 27.3 Å². The van der Waals surface area contributed by atoms with E-state index in [0.29, 0.717) is 3.92 Å². The van der Waals surface area contributed by atoms with Crippen molar-refractivity contribution < 1.29 is 17.9 Å². The summed E-state index contributed by atoms with van der Waals surface area (Å²) in [7, 11) is 1.02. The molecule has 0 aliphatic carbocycles. The lowest BCUT2D eigenvalue weighted by Gasteiger charge is -2.16. The Morgan fingerprint density at radius 2 is 2.23 bits per heavy atom. The topological polar surface area (TPSA) is 22.1 Å². The molecule has 7 heteroatoms. The zero-order valence-corrected chi connectivity index (χ0v) is 8.83. The van der Waals surface area contributed by atoms with Gasteiger partial charge in [0.15, 0.2) is 10.0 Å². The van der Waals surface area contributed by atoms with Crippen LogP contribution in [0.1, 0.15) is 11.0 Å². The maximum atomic E-state index is 12.3. The van der Waals surface area contributed by atoms with Gasteiger partial charge in [0, 0.05) is 13.3 Å². The van der Waals surface area contributed by atoms with Gasteiger partial charge in [0.2, 0.25) is 0 Å². The highest BCUT2D eigenvalue weighted by molar-refractivity contribution is 9.11. The maximum absolute atomic E-state index is 12.3. The zero-order chi connectivity index (χ0) is 10.1. The summed E-state index contributed by atoms with van der Waals surface area (Å²) in [5.41, 5.74) is 0. The van der Waals surface area contributed by atoms with Crippen molar-refractivity contribution in [3.05, 3.63) is 15.0 Å². The van der Waals surface area contributed by atoms with Crippen LogP contribution in [0.2, 0.25) is 0 Å². The van der Waals surface area contributed by atoms with Crippen LogP contribution < -0.4 is 0 Å². The number of thiazole rings is 1. The van der Waals surface area contributed by atoms with Crippen LogP contribution in [0.4, 0.5) is 13.2 Å². The molecule has 0 N–H and O–H groups in total. The Balaban J connectivity index is 2.91. The fraction of sp³-hybridized carbons (Fsp3) is 0.500. The van der Waals surface area contributed by atoms with Crippen LogP contribution in [0.25, 0.3) is 0 Å². The maximum Gasteiger partial charge on any atom is 0.419 e. The largest absolute Gasteiger partial charge is 0.419 e. The SMILES string of the molecule is COC(c1cnc(Br)s1)C(F)(F)F. The minimum atomic E-state index is -4.39. The van der Waals surface area contributed by atoms with Crippen LogP contribution in [0, 0.1) is 0 Å². The Hall–Kier alpha value is -0.140. The smallest absolute Gasteiger partial charge is 0.366 e. The number of aromatic nitrogens is 1. The van der Waals surface area contributed by atoms with Crippen molar-refractivity contribution in [1.29, 1.82) is 0 Å². The van der Waals surface area contributed by atoms with E-state index >= 15 is 0 Å². The van der Waals surface area contributed by atoms with Gasteiger partial charge in [-0.05, 0) is 15.9 Å². The number of hydrogen-bond donors (Lipinski definition) is 0. The number of alkyl halides is 3. The Labute approximate surface area is 84.9 Å². The molecule has 13 heavy (non-hydrogen) atoms. The Bertz CT molecular complexity index is 288. The highest BCUT2D eigenvalue weighted by atomic mass is 79.9. The van der Waals surface area contributed by atoms with E-state index in [0.717, 1.165) is 24.6 Å².